The van der Waals surface area contributed by atoms with Crippen LogP contribution in [-0.2, 0) is 0 Å². The zero-order valence-corrected chi connectivity index (χ0v) is 25.0. The summed E-state index contributed by atoms with van der Waals surface area (Å²) in [5, 5.41) is 0. The minimum atomic E-state index is -0.101. The fourth-order valence-electron chi connectivity index (χ4n) is 5.85. The zero-order chi connectivity index (χ0) is 28.1. The Labute approximate surface area is 235 Å². The van der Waals surface area contributed by atoms with Crippen molar-refractivity contribution in [2.24, 2.45) is 0 Å². The highest BCUT2D eigenvalue weighted by Gasteiger charge is 2.34. The molecular weight excluding hydrogens is 486 g/mol. The van der Waals surface area contributed by atoms with E-state index in [0.29, 0.717) is 0 Å². The topological polar surface area (TPSA) is 37.4 Å². The quantitative estimate of drug-likeness (QED) is 0.188. The molecule has 0 saturated heterocycles. The van der Waals surface area contributed by atoms with Crippen molar-refractivity contribution in [2.45, 2.75) is 47.5 Å². The van der Waals surface area contributed by atoms with Crippen molar-refractivity contribution in [3.8, 4) is 23.0 Å². The van der Waals surface area contributed by atoms with Crippen LogP contribution >= 0.6 is 0 Å². The van der Waals surface area contributed by atoms with Crippen molar-refractivity contribution in [1.82, 2.24) is 0 Å². The number of benzene rings is 3. The van der Waals surface area contributed by atoms with Gasteiger partial charge in [0.05, 0.1) is 14.2 Å². The number of nitrogens with zero attached hydrogens (tertiary/aromatic N) is 3. The van der Waals surface area contributed by atoms with Gasteiger partial charge in [-0.3, -0.25) is 0 Å². The van der Waals surface area contributed by atoms with Crippen LogP contribution in [0.5, 0.6) is 23.0 Å². The van der Waals surface area contributed by atoms with Gasteiger partial charge in [-0.2, -0.15) is 0 Å². The summed E-state index contributed by atoms with van der Waals surface area (Å²) in [5.74, 6) is 3.30. The van der Waals surface area contributed by atoms with E-state index in [9.17, 15) is 0 Å². The molecule has 210 valence electrons. The van der Waals surface area contributed by atoms with Crippen molar-refractivity contribution >= 4 is 17.1 Å². The lowest BCUT2D eigenvalue weighted by molar-refractivity contribution is 0.380. The van der Waals surface area contributed by atoms with E-state index in [1.54, 1.807) is 14.2 Å². The molecule has 39 heavy (non-hydrogen) atoms. The summed E-state index contributed by atoms with van der Waals surface area (Å²) < 4.78 is 18.9. The van der Waals surface area contributed by atoms with E-state index in [0.717, 1.165) is 96.0 Å². The molecule has 6 nitrogen and oxygen atoms in total. The lowest BCUT2D eigenvalue weighted by atomic mass is 9.81. The van der Waals surface area contributed by atoms with Crippen LogP contribution in [0.3, 0.4) is 0 Å². The minimum absolute atomic E-state index is 0.101. The van der Waals surface area contributed by atoms with Crippen LogP contribution in [0.15, 0.2) is 48.5 Å². The molecule has 6 heteroatoms. The number of methoxy groups -OCH3 is 2. The van der Waals surface area contributed by atoms with Crippen LogP contribution < -0.4 is 28.9 Å². The molecule has 0 saturated carbocycles. The smallest absolute Gasteiger partial charge is 0.133 e. The van der Waals surface area contributed by atoms with Gasteiger partial charge in [-0.05, 0) is 53.7 Å². The first-order valence-electron chi connectivity index (χ1n) is 14.4. The summed E-state index contributed by atoms with van der Waals surface area (Å²) in [6.45, 7) is 18.7. The molecule has 0 spiro atoms. The van der Waals surface area contributed by atoms with Crippen molar-refractivity contribution in [3.63, 3.8) is 0 Å². The van der Waals surface area contributed by atoms with E-state index in [2.05, 4.69) is 105 Å². The Morgan fingerprint density at radius 3 is 1.31 bits per heavy atom. The van der Waals surface area contributed by atoms with E-state index in [4.69, 9.17) is 14.2 Å². The average molecular weight is 532 g/mol. The second kappa shape index (κ2) is 12.5. The van der Waals surface area contributed by atoms with Gasteiger partial charge in [0.15, 0.2) is 0 Å². The molecular formula is C33H45N3O3. The van der Waals surface area contributed by atoms with Crippen molar-refractivity contribution in [1.29, 1.82) is 0 Å². The molecule has 3 aromatic carbocycles. The third kappa shape index (κ3) is 5.34. The summed E-state index contributed by atoms with van der Waals surface area (Å²) in [4.78, 5) is 7.01. The molecule has 3 aromatic rings. The summed E-state index contributed by atoms with van der Waals surface area (Å²) >= 11 is 0. The van der Waals surface area contributed by atoms with Gasteiger partial charge in [-0.25, -0.2) is 0 Å². The second-order valence-corrected chi connectivity index (χ2v) is 9.76. The zero-order valence-electron chi connectivity index (χ0n) is 25.0. The van der Waals surface area contributed by atoms with Gasteiger partial charge in [-0.1, -0.05) is 12.1 Å². The van der Waals surface area contributed by atoms with Crippen LogP contribution in [0.4, 0.5) is 17.1 Å². The summed E-state index contributed by atoms with van der Waals surface area (Å²) in [6, 6.07) is 17.5. The Morgan fingerprint density at radius 1 is 0.564 bits per heavy atom. The summed E-state index contributed by atoms with van der Waals surface area (Å²) in [5.41, 5.74) is 6.67. The first kappa shape index (κ1) is 28.5. The van der Waals surface area contributed by atoms with Crippen molar-refractivity contribution in [3.05, 3.63) is 65.2 Å². The molecule has 0 aromatic heterocycles. The normalized spacial score (nSPS) is 12.3. The van der Waals surface area contributed by atoms with Gasteiger partial charge in [0.2, 0.25) is 0 Å². The summed E-state index contributed by atoms with van der Waals surface area (Å²) in [6.07, 6.45) is 0. The Morgan fingerprint density at radius 2 is 0.949 bits per heavy atom. The minimum Gasteiger partial charge on any atom is -0.496 e. The maximum Gasteiger partial charge on any atom is 0.133 e. The molecule has 4 rings (SSSR count). The third-order valence-electron chi connectivity index (χ3n) is 8.04. The molecule has 0 amide bonds. The van der Waals surface area contributed by atoms with Crippen LogP contribution in [0.25, 0.3) is 0 Å². The van der Waals surface area contributed by atoms with Crippen molar-refractivity contribution < 1.29 is 14.2 Å². The molecule has 0 aliphatic carbocycles. The predicted molar refractivity (Wildman–Crippen MR) is 164 cm³/mol. The van der Waals surface area contributed by atoms with Gasteiger partial charge in [-0.15, -0.1) is 0 Å². The van der Waals surface area contributed by atoms with E-state index >= 15 is 0 Å². The Bertz CT molecular complexity index is 1180. The highest BCUT2D eigenvalue weighted by Crippen LogP contribution is 2.54. The molecule has 0 radical (unpaired) electrons. The van der Waals surface area contributed by atoms with E-state index in [1.165, 1.54) is 0 Å². The molecule has 1 heterocycles. The molecule has 0 N–H and O–H groups in total. The highest BCUT2D eigenvalue weighted by molar-refractivity contribution is 5.71. The Balaban J connectivity index is 1.97. The van der Waals surface area contributed by atoms with E-state index in [1.807, 2.05) is 0 Å². The molecule has 0 fully saturated rings. The fraction of sp³-hybridized carbons (Fsp3) is 0.455. The van der Waals surface area contributed by atoms with Gasteiger partial charge >= 0.3 is 0 Å². The fourth-order valence-corrected chi connectivity index (χ4v) is 5.85. The summed E-state index contributed by atoms with van der Waals surface area (Å²) in [7, 11) is 3.50. The van der Waals surface area contributed by atoms with Gasteiger partial charge in [0, 0.05) is 103 Å². The monoisotopic (exact) mass is 531 g/mol. The number of hydrogen-bond acceptors (Lipinski definition) is 6. The van der Waals surface area contributed by atoms with Crippen LogP contribution in [-0.4, -0.2) is 53.5 Å². The maximum atomic E-state index is 6.69. The first-order valence-corrected chi connectivity index (χ1v) is 14.4. The van der Waals surface area contributed by atoms with Gasteiger partial charge < -0.3 is 28.9 Å². The number of ether oxygens (including phenoxy) is 3. The van der Waals surface area contributed by atoms with Gasteiger partial charge in [0.25, 0.3) is 0 Å². The van der Waals surface area contributed by atoms with Crippen LogP contribution in [0, 0.1) is 0 Å². The number of hydrogen-bond donors (Lipinski definition) is 0. The molecule has 1 aliphatic rings. The lowest BCUT2D eigenvalue weighted by Crippen LogP contribution is -2.23. The Hall–Kier alpha value is -3.54. The van der Waals surface area contributed by atoms with E-state index in [-0.39, 0.29) is 5.92 Å². The second-order valence-electron chi connectivity index (χ2n) is 9.76. The molecule has 0 atom stereocenters. The number of fused-ring (bicyclic) bond motifs is 2. The SMILES string of the molecule is CCN(CC)c1ccc2c(c1)Oc1cc(N(CC)CC)ccc1C2c1c(OC)cc(N(CC)CC)cc1OC. The number of anilines is 3. The third-order valence-corrected chi connectivity index (χ3v) is 8.04. The van der Waals surface area contributed by atoms with Crippen molar-refractivity contribution in [2.75, 3.05) is 68.2 Å². The first-order chi connectivity index (χ1) is 19.0. The largest absolute Gasteiger partial charge is 0.496 e. The number of rotatable bonds is 12. The van der Waals surface area contributed by atoms with Crippen LogP contribution in [0.1, 0.15) is 64.2 Å². The maximum absolute atomic E-state index is 6.69. The van der Waals surface area contributed by atoms with E-state index < -0.39 is 0 Å². The molecule has 0 unspecified atom stereocenters. The lowest BCUT2D eigenvalue weighted by Gasteiger charge is -2.33. The highest BCUT2D eigenvalue weighted by atomic mass is 16.5. The molecule has 0 bridgehead atoms. The van der Waals surface area contributed by atoms with Gasteiger partial charge in [0.1, 0.15) is 23.0 Å². The van der Waals surface area contributed by atoms with Crippen LogP contribution in [0.2, 0.25) is 0 Å². The average Bonchev–Trinajstić information content (AvgIpc) is 2.97. The standard InChI is InChI=1S/C33H45N3O3/c1-9-34(10-2)23-15-17-26-28(19-23)39-29-20-24(35(11-3)12-4)16-18-27(29)32(26)33-30(37-7)21-25(22-31(33)38-8)36(13-5)14-6/h15-22,32H,9-14H2,1-8H3. The predicted octanol–water partition coefficient (Wildman–Crippen LogP) is 7.53. The molecule has 1 aliphatic heterocycles. The Kier molecular flexibility index (Phi) is 9.16.